The zero-order chi connectivity index (χ0) is 23.0. The normalized spacial score (nSPS) is 18.7. The lowest BCUT2D eigenvalue weighted by atomic mass is 10.1. The molecule has 178 valence electrons. The second-order valence-corrected chi connectivity index (χ2v) is 8.78. The number of para-hydroxylation sites is 1. The average Bonchev–Trinajstić information content (AvgIpc) is 3.36. The maximum Gasteiger partial charge on any atom is 0.223 e. The Labute approximate surface area is 195 Å². The number of nitrogens with zero attached hydrogens (tertiary/aromatic N) is 3. The van der Waals surface area contributed by atoms with Crippen LogP contribution in [0.3, 0.4) is 0 Å². The third-order valence-electron chi connectivity index (χ3n) is 6.54. The molecule has 6 nitrogen and oxygen atoms in total. The van der Waals surface area contributed by atoms with Crippen LogP contribution >= 0.6 is 0 Å². The van der Waals surface area contributed by atoms with Gasteiger partial charge in [-0.1, -0.05) is 18.2 Å². The zero-order valence-electron chi connectivity index (χ0n) is 19.4. The van der Waals surface area contributed by atoms with Gasteiger partial charge in [-0.15, -0.1) is 0 Å². The van der Waals surface area contributed by atoms with Gasteiger partial charge >= 0.3 is 0 Å². The van der Waals surface area contributed by atoms with Gasteiger partial charge in [-0.2, -0.15) is 0 Å². The molecule has 2 heterocycles. The average molecular weight is 456 g/mol. The monoisotopic (exact) mass is 455 g/mol. The number of amides is 1. The van der Waals surface area contributed by atoms with E-state index < -0.39 is 0 Å². The molecule has 2 fully saturated rings. The van der Waals surface area contributed by atoms with Gasteiger partial charge in [0.25, 0.3) is 0 Å². The van der Waals surface area contributed by atoms with Gasteiger partial charge in [0.2, 0.25) is 5.91 Å². The maximum absolute atomic E-state index is 13.2. The fourth-order valence-electron chi connectivity index (χ4n) is 4.66. The van der Waals surface area contributed by atoms with Crippen LogP contribution in [-0.4, -0.2) is 74.8 Å². The Kier molecular flexibility index (Phi) is 8.18. The molecular weight excluding hydrogens is 421 g/mol. The number of methoxy groups -OCH3 is 1. The molecule has 0 aliphatic carbocycles. The minimum absolute atomic E-state index is 0.186. The zero-order valence-corrected chi connectivity index (χ0v) is 19.4. The summed E-state index contributed by atoms with van der Waals surface area (Å²) >= 11 is 0. The predicted octanol–water partition coefficient (Wildman–Crippen LogP) is 3.55. The Bertz CT molecular complexity index is 894. The molecule has 0 N–H and O–H groups in total. The van der Waals surface area contributed by atoms with Gasteiger partial charge < -0.3 is 19.3 Å². The molecule has 2 aromatic carbocycles. The number of carbonyl (C=O) groups is 1. The number of benzene rings is 2. The predicted molar refractivity (Wildman–Crippen MR) is 127 cm³/mol. The molecule has 7 heteroatoms. The van der Waals surface area contributed by atoms with E-state index in [9.17, 15) is 9.18 Å². The van der Waals surface area contributed by atoms with Crippen molar-refractivity contribution in [2.45, 2.75) is 31.9 Å². The summed E-state index contributed by atoms with van der Waals surface area (Å²) in [6, 6.07) is 14.6. The van der Waals surface area contributed by atoms with Crippen molar-refractivity contribution in [2.24, 2.45) is 0 Å². The van der Waals surface area contributed by atoms with E-state index >= 15 is 0 Å². The van der Waals surface area contributed by atoms with Gasteiger partial charge in [-0.05, 0) is 43.2 Å². The van der Waals surface area contributed by atoms with Crippen LogP contribution in [0, 0.1) is 5.82 Å². The third kappa shape index (κ3) is 6.45. The molecule has 2 aliphatic heterocycles. The van der Waals surface area contributed by atoms with Crippen molar-refractivity contribution in [3.63, 3.8) is 0 Å². The van der Waals surface area contributed by atoms with Crippen molar-refractivity contribution in [3.8, 4) is 5.75 Å². The first kappa shape index (κ1) is 23.5. The minimum atomic E-state index is -0.228. The molecule has 0 radical (unpaired) electrons. The molecule has 4 rings (SSSR count). The van der Waals surface area contributed by atoms with Crippen LogP contribution in [0.1, 0.15) is 24.8 Å². The molecule has 1 amide bonds. The second-order valence-electron chi connectivity index (χ2n) is 8.78. The number of hydrogen-bond donors (Lipinski definition) is 0. The summed E-state index contributed by atoms with van der Waals surface area (Å²) in [5.41, 5.74) is 2.13. The molecule has 2 aliphatic rings. The van der Waals surface area contributed by atoms with Gasteiger partial charge in [0.1, 0.15) is 11.6 Å². The minimum Gasteiger partial charge on any atom is -0.496 e. The quantitative estimate of drug-likeness (QED) is 0.579. The van der Waals surface area contributed by atoms with Crippen LogP contribution in [0.2, 0.25) is 0 Å². The van der Waals surface area contributed by atoms with E-state index in [4.69, 9.17) is 9.47 Å². The van der Waals surface area contributed by atoms with Crippen LogP contribution in [0.15, 0.2) is 48.5 Å². The van der Waals surface area contributed by atoms with E-state index in [2.05, 4.69) is 15.9 Å². The van der Waals surface area contributed by atoms with Crippen molar-refractivity contribution < 1.29 is 18.7 Å². The Morgan fingerprint density at radius 3 is 2.58 bits per heavy atom. The van der Waals surface area contributed by atoms with E-state index in [1.807, 2.05) is 23.1 Å². The summed E-state index contributed by atoms with van der Waals surface area (Å²) in [6.07, 6.45) is 2.89. The van der Waals surface area contributed by atoms with E-state index in [0.717, 1.165) is 62.6 Å². The summed E-state index contributed by atoms with van der Waals surface area (Å²) < 4.78 is 24.6. The van der Waals surface area contributed by atoms with Crippen LogP contribution in [0.4, 0.5) is 10.1 Å². The SMILES string of the molecule is COc1ccccc1CN(CCC(=O)N1CCN(c2ccc(F)cc2)CC1)CC1CCCO1. The van der Waals surface area contributed by atoms with Crippen molar-refractivity contribution in [1.82, 2.24) is 9.80 Å². The van der Waals surface area contributed by atoms with Crippen LogP contribution in [0.25, 0.3) is 0 Å². The van der Waals surface area contributed by atoms with E-state index in [-0.39, 0.29) is 17.8 Å². The number of halogens is 1. The largest absolute Gasteiger partial charge is 0.496 e. The summed E-state index contributed by atoms with van der Waals surface area (Å²) in [5, 5.41) is 0. The van der Waals surface area contributed by atoms with Crippen molar-refractivity contribution in [2.75, 3.05) is 57.9 Å². The first-order chi connectivity index (χ1) is 16.1. The topological polar surface area (TPSA) is 45.2 Å². The van der Waals surface area contributed by atoms with E-state index in [0.29, 0.717) is 26.1 Å². The van der Waals surface area contributed by atoms with Gasteiger partial charge in [-0.25, -0.2) is 4.39 Å². The molecule has 33 heavy (non-hydrogen) atoms. The number of hydrogen-bond acceptors (Lipinski definition) is 5. The van der Waals surface area contributed by atoms with Crippen molar-refractivity contribution in [3.05, 3.63) is 59.9 Å². The summed E-state index contributed by atoms with van der Waals surface area (Å²) in [5.74, 6) is 0.831. The second kappa shape index (κ2) is 11.5. The fraction of sp³-hybridized carbons (Fsp3) is 0.500. The van der Waals surface area contributed by atoms with Gasteiger partial charge in [0.05, 0.1) is 13.2 Å². The summed E-state index contributed by atoms with van der Waals surface area (Å²) in [4.78, 5) is 19.5. The molecule has 0 spiro atoms. The molecule has 0 bridgehead atoms. The number of carbonyl (C=O) groups excluding carboxylic acids is 1. The van der Waals surface area contributed by atoms with Gasteiger partial charge in [0, 0.05) is 70.1 Å². The molecule has 1 unspecified atom stereocenters. The Hall–Kier alpha value is -2.64. The number of anilines is 1. The highest BCUT2D eigenvalue weighted by Crippen LogP contribution is 2.22. The van der Waals surface area contributed by atoms with Crippen molar-refractivity contribution in [1.29, 1.82) is 0 Å². The first-order valence-corrected chi connectivity index (χ1v) is 11.9. The highest BCUT2D eigenvalue weighted by molar-refractivity contribution is 5.76. The number of rotatable bonds is 9. The van der Waals surface area contributed by atoms with Crippen LogP contribution < -0.4 is 9.64 Å². The van der Waals surface area contributed by atoms with Crippen LogP contribution in [0.5, 0.6) is 5.75 Å². The number of ether oxygens (including phenoxy) is 2. The Balaban J connectivity index is 1.31. The molecule has 1 atom stereocenters. The maximum atomic E-state index is 13.2. The lowest BCUT2D eigenvalue weighted by molar-refractivity contribution is -0.132. The molecule has 0 aromatic heterocycles. The molecule has 2 saturated heterocycles. The van der Waals surface area contributed by atoms with E-state index in [1.165, 1.54) is 12.1 Å². The third-order valence-corrected chi connectivity index (χ3v) is 6.54. The molecule has 2 aromatic rings. The Morgan fingerprint density at radius 1 is 1.12 bits per heavy atom. The summed E-state index contributed by atoms with van der Waals surface area (Å²) in [6.45, 7) is 5.97. The fourth-order valence-corrected chi connectivity index (χ4v) is 4.66. The van der Waals surface area contributed by atoms with Gasteiger partial charge in [0.15, 0.2) is 0 Å². The summed E-state index contributed by atoms with van der Waals surface area (Å²) in [7, 11) is 1.69. The molecule has 0 saturated carbocycles. The van der Waals surface area contributed by atoms with Crippen molar-refractivity contribution >= 4 is 11.6 Å². The first-order valence-electron chi connectivity index (χ1n) is 11.9. The standard InChI is InChI=1S/C26H34FN3O3/c1-32-25-7-3-2-5-21(25)19-28(20-24-6-4-18-33-24)13-12-26(31)30-16-14-29(15-17-30)23-10-8-22(27)9-11-23/h2-3,5,7-11,24H,4,6,12-20H2,1H3. The molecular formula is C26H34FN3O3. The highest BCUT2D eigenvalue weighted by Gasteiger charge is 2.24. The van der Waals surface area contributed by atoms with E-state index in [1.54, 1.807) is 19.2 Å². The highest BCUT2D eigenvalue weighted by atomic mass is 19.1. The van der Waals surface area contributed by atoms with Gasteiger partial charge in [-0.3, -0.25) is 9.69 Å². The lowest BCUT2D eigenvalue weighted by Gasteiger charge is -2.36. The lowest BCUT2D eigenvalue weighted by Crippen LogP contribution is -2.49. The smallest absolute Gasteiger partial charge is 0.223 e. The Morgan fingerprint density at radius 2 is 1.88 bits per heavy atom. The number of piperazine rings is 1. The van der Waals surface area contributed by atoms with Crippen LogP contribution in [-0.2, 0) is 16.1 Å².